The van der Waals surface area contributed by atoms with Gasteiger partial charge in [-0.05, 0) is 46.3 Å². The molecule has 0 atom stereocenters. The van der Waals surface area contributed by atoms with Crippen molar-refractivity contribution in [3.8, 4) is 5.75 Å². The highest BCUT2D eigenvalue weighted by Crippen LogP contribution is 2.30. The fraction of sp³-hybridized carbons (Fsp3) is 0. The number of ketones is 1. The monoisotopic (exact) mass is 328 g/mol. The Balaban J connectivity index is 2.51. The van der Waals surface area contributed by atoms with Crippen LogP contribution in [0.5, 0.6) is 5.75 Å². The smallest absolute Gasteiger partial charge is 0.199 e. The van der Waals surface area contributed by atoms with Crippen LogP contribution in [0.4, 0.5) is 4.39 Å². The number of rotatable bonds is 2. The Kier molecular flexibility index (Phi) is 3.68. The van der Waals surface area contributed by atoms with E-state index < -0.39 is 11.6 Å². The number of phenolic OH excluding ortho intramolecular Hbond substituents is 1. The lowest BCUT2D eigenvalue weighted by molar-refractivity contribution is 0.103. The van der Waals surface area contributed by atoms with Gasteiger partial charge < -0.3 is 5.11 Å². The van der Waals surface area contributed by atoms with Gasteiger partial charge in [0, 0.05) is 5.02 Å². The summed E-state index contributed by atoms with van der Waals surface area (Å²) < 4.78 is 14.0. The number of hydrogen-bond donors (Lipinski definition) is 1. The third kappa shape index (κ3) is 2.40. The zero-order valence-corrected chi connectivity index (χ0v) is 11.3. The first-order chi connectivity index (χ1) is 8.50. The standard InChI is InChI=1S/C13H7BrClFO2/c14-10-3-1-2-9(13(10)18)12(17)8-5-4-7(15)6-11(8)16/h1-6,18H. The average Bonchev–Trinajstić information content (AvgIpc) is 2.32. The second kappa shape index (κ2) is 5.08. The third-order valence-electron chi connectivity index (χ3n) is 2.41. The van der Waals surface area contributed by atoms with Crippen LogP contribution in [0.2, 0.25) is 5.02 Å². The molecular formula is C13H7BrClFO2. The summed E-state index contributed by atoms with van der Waals surface area (Å²) in [6.45, 7) is 0. The molecule has 0 amide bonds. The summed E-state index contributed by atoms with van der Waals surface area (Å²) in [5, 5.41) is 9.97. The van der Waals surface area contributed by atoms with E-state index in [1.54, 1.807) is 12.1 Å². The van der Waals surface area contributed by atoms with Crippen molar-refractivity contribution in [1.29, 1.82) is 0 Å². The molecule has 2 aromatic rings. The van der Waals surface area contributed by atoms with Gasteiger partial charge in [0.25, 0.3) is 0 Å². The molecule has 0 bridgehead atoms. The second-order valence-electron chi connectivity index (χ2n) is 3.59. The normalized spacial score (nSPS) is 10.4. The maximum Gasteiger partial charge on any atom is 0.199 e. The highest BCUT2D eigenvalue weighted by atomic mass is 79.9. The highest BCUT2D eigenvalue weighted by molar-refractivity contribution is 9.10. The van der Waals surface area contributed by atoms with Crippen molar-refractivity contribution in [1.82, 2.24) is 0 Å². The van der Waals surface area contributed by atoms with Gasteiger partial charge in [-0.3, -0.25) is 4.79 Å². The number of halogens is 3. The van der Waals surface area contributed by atoms with E-state index in [0.717, 1.165) is 6.07 Å². The van der Waals surface area contributed by atoms with Gasteiger partial charge in [-0.1, -0.05) is 17.7 Å². The minimum Gasteiger partial charge on any atom is -0.506 e. The molecule has 5 heteroatoms. The lowest BCUT2D eigenvalue weighted by atomic mass is 10.0. The summed E-state index contributed by atoms with van der Waals surface area (Å²) in [6.07, 6.45) is 0. The Morgan fingerprint density at radius 1 is 1.22 bits per heavy atom. The Bertz CT molecular complexity index is 628. The maximum atomic E-state index is 13.6. The molecule has 92 valence electrons. The molecule has 0 aliphatic carbocycles. The molecule has 0 spiro atoms. The molecule has 0 saturated carbocycles. The quantitative estimate of drug-likeness (QED) is 0.839. The van der Waals surface area contributed by atoms with E-state index in [4.69, 9.17) is 11.6 Å². The van der Waals surface area contributed by atoms with Gasteiger partial charge in [-0.15, -0.1) is 0 Å². The summed E-state index contributed by atoms with van der Waals surface area (Å²) in [6, 6.07) is 8.38. The predicted molar refractivity (Wildman–Crippen MR) is 70.6 cm³/mol. The van der Waals surface area contributed by atoms with E-state index in [-0.39, 0.29) is 21.9 Å². The maximum absolute atomic E-state index is 13.6. The van der Waals surface area contributed by atoms with Crippen LogP contribution < -0.4 is 0 Å². The average molecular weight is 330 g/mol. The van der Waals surface area contributed by atoms with Crippen LogP contribution in [0.1, 0.15) is 15.9 Å². The van der Waals surface area contributed by atoms with E-state index >= 15 is 0 Å². The first-order valence-corrected chi connectivity index (χ1v) is 6.15. The van der Waals surface area contributed by atoms with Crippen LogP contribution >= 0.6 is 27.5 Å². The van der Waals surface area contributed by atoms with Crippen molar-refractivity contribution in [2.24, 2.45) is 0 Å². The number of para-hydroxylation sites is 1. The minimum absolute atomic E-state index is 0.0330. The number of phenols is 1. The number of benzene rings is 2. The zero-order valence-electron chi connectivity index (χ0n) is 8.95. The van der Waals surface area contributed by atoms with E-state index in [2.05, 4.69) is 15.9 Å². The number of aromatic hydroxyl groups is 1. The molecule has 2 nitrogen and oxygen atoms in total. The molecule has 18 heavy (non-hydrogen) atoms. The summed E-state index contributed by atoms with van der Waals surface area (Å²) in [7, 11) is 0. The van der Waals surface area contributed by atoms with E-state index in [0.29, 0.717) is 4.47 Å². The molecule has 0 heterocycles. The van der Waals surface area contributed by atoms with Crippen LogP contribution in [0.25, 0.3) is 0 Å². The topological polar surface area (TPSA) is 37.3 Å². The summed E-state index contributed by atoms with van der Waals surface area (Å²) >= 11 is 8.72. The molecule has 0 aliphatic rings. The lowest BCUT2D eigenvalue weighted by Crippen LogP contribution is -2.04. The predicted octanol–water partition coefficient (Wildman–Crippen LogP) is 4.18. The van der Waals surface area contributed by atoms with Crippen molar-refractivity contribution in [3.05, 3.63) is 62.8 Å². The number of carbonyl (C=O) groups is 1. The van der Waals surface area contributed by atoms with Gasteiger partial charge in [-0.2, -0.15) is 0 Å². The van der Waals surface area contributed by atoms with Crippen LogP contribution in [0.3, 0.4) is 0 Å². The summed E-state index contributed by atoms with van der Waals surface area (Å²) in [5.41, 5.74) is -0.0987. The molecule has 0 aromatic heterocycles. The van der Waals surface area contributed by atoms with Gasteiger partial charge in [0.05, 0.1) is 15.6 Å². The summed E-state index contributed by atoms with van der Waals surface area (Å²) in [5.74, 6) is -1.52. The Labute approximate surface area is 116 Å². The number of carbonyl (C=O) groups excluding carboxylic acids is 1. The molecule has 2 rings (SSSR count). The summed E-state index contributed by atoms with van der Waals surface area (Å²) in [4.78, 5) is 12.1. The van der Waals surface area contributed by atoms with E-state index in [1.165, 1.54) is 18.2 Å². The fourth-order valence-electron chi connectivity index (χ4n) is 1.52. The van der Waals surface area contributed by atoms with Crippen LogP contribution in [0.15, 0.2) is 40.9 Å². The Hall–Kier alpha value is -1.39. The van der Waals surface area contributed by atoms with Crippen molar-refractivity contribution in [2.75, 3.05) is 0 Å². The first kappa shape index (κ1) is 13.1. The molecule has 2 aromatic carbocycles. The van der Waals surface area contributed by atoms with Gasteiger partial charge >= 0.3 is 0 Å². The SMILES string of the molecule is O=C(c1ccc(Cl)cc1F)c1cccc(Br)c1O. The largest absolute Gasteiger partial charge is 0.506 e. The van der Waals surface area contributed by atoms with Gasteiger partial charge in [0.15, 0.2) is 5.78 Å². The molecule has 0 aliphatic heterocycles. The molecule has 0 unspecified atom stereocenters. The van der Waals surface area contributed by atoms with Crippen molar-refractivity contribution in [3.63, 3.8) is 0 Å². The van der Waals surface area contributed by atoms with E-state index in [9.17, 15) is 14.3 Å². The van der Waals surface area contributed by atoms with Gasteiger partial charge in [0.1, 0.15) is 11.6 Å². The minimum atomic E-state index is -0.716. The highest BCUT2D eigenvalue weighted by Gasteiger charge is 2.18. The zero-order chi connectivity index (χ0) is 13.3. The third-order valence-corrected chi connectivity index (χ3v) is 3.28. The lowest BCUT2D eigenvalue weighted by Gasteiger charge is -2.06. The van der Waals surface area contributed by atoms with Gasteiger partial charge in [-0.25, -0.2) is 4.39 Å². The van der Waals surface area contributed by atoms with Crippen molar-refractivity contribution < 1.29 is 14.3 Å². The molecule has 0 saturated heterocycles. The molecule has 0 radical (unpaired) electrons. The van der Waals surface area contributed by atoms with Gasteiger partial charge in [0.2, 0.25) is 0 Å². The Morgan fingerprint density at radius 2 is 1.94 bits per heavy atom. The van der Waals surface area contributed by atoms with Crippen LogP contribution in [-0.2, 0) is 0 Å². The first-order valence-electron chi connectivity index (χ1n) is 4.98. The number of hydrogen-bond acceptors (Lipinski definition) is 2. The molecule has 0 fully saturated rings. The van der Waals surface area contributed by atoms with E-state index in [1.807, 2.05) is 0 Å². The van der Waals surface area contributed by atoms with Crippen LogP contribution in [0, 0.1) is 5.82 Å². The van der Waals surface area contributed by atoms with Crippen LogP contribution in [-0.4, -0.2) is 10.9 Å². The van der Waals surface area contributed by atoms with Crippen molar-refractivity contribution >= 4 is 33.3 Å². The second-order valence-corrected chi connectivity index (χ2v) is 4.88. The molecule has 1 N–H and O–H groups in total. The van der Waals surface area contributed by atoms with Crippen molar-refractivity contribution in [2.45, 2.75) is 0 Å². The molecular weight excluding hydrogens is 322 g/mol. The Morgan fingerprint density at radius 3 is 2.61 bits per heavy atom. The fourth-order valence-corrected chi connectivity index (χ4v) is 2.04.